The normalized spacial score (nSPS) is 31.0. The minimum Gasteiger partial charge on any atom is -0.338 e. The largest absolute Gasteiger partial charge is 0.338 e. The third-order valence-electron chi connectivity index (χ3n) is 6.48. The van der Waals surface area contributed by atoms with Gasteiger partial charge in [0.1, 0.15) is 0 Å². The van der Waals surface area contributed by atoms with Gasteiger partial charge in [0, 0.05) is 37.2 Å². The van der Waals surface area contributed by atoms with E-state index in [4.69, 9.17) is 0 Å². The lowest BCUT2D eigenvalue weighted by Crippen LogP contribution is -2.47. The Bertz CT molecular complexity index is 453. The summed E-state index contributed by atoms with van der Waals surface area (Å²) in [5, 5.41) is 0. The number of allylic oxidation sites excluding steroid dienone is 1. The Morgan fingerprint density at radius 3 is 2.61 bits per heavy atom. The maximum absolute atomic E-state index is 12.4. The number of carbonyl (C=O) groups excluding carboxylic acids is 1. The number of carbonyl (C=O) groups is 1. The van der Waals surface area contributed by atoms with Crippen LogP contribution < -0.4 is 0 Å². The van der Waals surface area contributed by atoms with Gasteiger partial charge in [0.05, 0.1) is 0 Å². The van der Waals surface area contributed by atoms with Crippen LogP contribution in [0.5, 0.6) is 0 Å². The van der Waals surface area contributed by atoms with Crippen molar-refractivity contribution in [2.24, 2.45) is 11.3 Å². The molecule has 130 valence electrons. The molecule has 1 amide bonds. The Kier molecular flexibility index (Phi) is 5.45. The number of piperidine rings is 1. The van der Waals surface area contributed by atoms with Crippen molar-refractivity contribution < 1.29 is 4.79 Å². The zero-order valence-corrected chi connectivity index (χ0v) is 15.1. The molecule has 23 heavy (non-hydrogen) atoms. The van der Waals surface area contributed by atoms with Crippen LogP contribution in [0.2, 0.25) is 0 Å². The fraction of sp³-hybridized carbons (Fsp3) is 0.850. The van der Waals surface area contributed by atoms with E-state index in [1.54, 1.807) is 0 Å². The van der Waals surface area contributed by atoms with Gasteiger partial charge >= 0.3 is 0 Å². The van der Waals surface area contributed by atoms with Gasteiger partial charge in [-0.1, -0.05) is 25.3 Å². The van der Waals surface area contributed by atoms with Crippen LogP contribution in [0.3, 0.4) is 0 Å². The van der Waals surface area contributed by atoms with E-state index in [1.165, 1.54) is 71.0 Å². The summed E-state index contributed by atoms with van der Waals surface area (Å²) in [5.41, 5.74) is 1.29. The lowest BCUT2D eigenvalue weighted by atomic mass is 9.78. The first-order chi connectivity index (χ1) is 11.1. The van der Waals surface area contributed by atoms with Gasteiger partial charge in [-0.2, -0.15) is 0 Å². The fourth-order valence-corrected chi connectivity index (χ4v) is 5.02. The summed E-state index contributed by atoms with van der Waals surface area (Å²) in [6.07, 6.45) is 13.0. The molecule has 3 nitrogen and oxygen atoms in total. The molecule has 1 aliphatic carbocycles. The van der Waals surface area contributed by atoms with Gasteiger partial charge in [0.15, 0.2) is 0 Å². The monoisotopic (exact) mass is 318 g/mol. The molecule has 1 unspecified atom stereocenters. The topological polar surface area (TPSA) is 23.6 Å². The van der Waals surface area contributed by atoms with Gasteiger partial charge in [-0.25, -0.2) is 0 Å². The molecule has 3 heteroatoms. The van der Waals surface area contributed by atoms with Crippen molar-refractivity contribution in [2.45, 2.75) is 65.2 Å². The molecular formula is C20H34N2O. The Balaban J connectivity index is 1.56. The van der Waals surface area contributed by atoms with Crippen molar-refractivity contribution >= 4 is 5.91 Å². The van der Waals surface area contributed by atoms with Gasteiger partial charge in [0.2, 0.25) is 5.91 Å². The molecule has 0 radical (unpaired) electrons. The highest BCUT2D eigenvalue weighted by Crippen LogP contribution is 2.40. The smallest absolute Gasteiger partial charge is 0.249 e. The summed E-state index contributed by atoms with van der Waals surface area (Å²) in [6, 6.07) is 0. The predicted octanol–water partition coefficient (Wildman–Crippen LogP) is 3.85. The summed E-state index contributed by atoms with van der Waals surface area (Å²) in [5.74, 6) is 1.19. The fourth-order valence-electron chi connectivity index (χ4n) is 5.02. The third-order valence-corrected chi connectivity index (χ3v) is 6.48. The van der Waals surface area contributed by atoms with E-state index >= 15 is 0 Å². The summed E-state index contributed by atoms with van der Waals surface area (Å²) >= 11 is 0. The maximum atomic E-state index is 12.4. The Morgan fingerprint density at radius 2 is 1.87 bits per heavy atom. The second-order valence-electron chi connectivity index (χ2n) is 8.29. The van der Waals surface area contributed by atoms with Crippen molar-refractivity contribution in [1.82, 2.24) is 9.80 Å². The molecule has 2 aliphatic heterocycles. The van der Waals surface area contributed by atoms with Crippen LogP contribution >= 0.6 is 0 Å². The Hall–Kier alpha value is -0.830. The molecule has 2 saturated heterocycles. The van der Waals surface area contributed by atoms with Gasteiger partial charge in [0.25, 0.3) is 0 Å². The number of hydrogen-bond acceptors (Lipinski definition) is 2. The van der Waals surface area contributed by atoms with Crippen LogP contribution in [0.15, 0.2) is 11.6 Å². The molecule has 1 saturated carbocycles. The quantitative estimate of drug-likeness (QED) is 0.738. The zero-order chi connectivity index (χ0) is 16.3. The molecule has 1 spiro atoms. The second-order valence-corrected chi connectivity index (χ2v) is 8.29. The van der Waals surface area contributed by atoms with Gasteiger partial charge < -0.3 is 9.80 Å². The van der Waals surface area contributed by atoms with E-state index in [0.717, 1.165) is 24.6 Å². The van der Waals surface area contributed by atoms with Gasteiger partial charge in [-0.05, 0) is 58.4 Å². The standard InChI is InChI=1S/C20H34N2O/c1-3-17(2)19(23)22-13-11-20(16-22)10-7-12-21(15-20)14-18-8-5-4-6-9-18/h3,18H,4-16H2,1-2H3. The van der Waals surface area contributed by atoms with Crippen molar-refractivity contribution in [3.63, 3.8) is 0 Å². The van der Waals surface area contributed by atoms with E-state index < -0.39 is 0 Å². The lowest BCUT2D eigenvalue weighted by molar-refractivity contribution is -0.126. The minimum absolute atomic E-state index is 0.258. The first-order valence-electron chi connectivity index (χ1n) is 9.76. The molecule has 0 bridgehead atoms. The van der Waals surface area contributed by atoms with Gasteiger partial charge in [-0.15, -0.1) is 0 Å². The average molecular weight is 319 g/mol. The summed E-state index contributed by atoms with van der Waals surface area (Å²) in [4.78, 5) is 17.3. The van der Waals surface area contributed by atoms with Crippen molar-refractivity contribution in [2.75, 3.05) is 32.7 Å². The van der Waals surface area contributed by atoms with Crippen LogP contribution in [0, 0.1) is 11.3 Å². The van der Waals surface area contributed by atoms with Crippen molar-refractivity contribution in [3.8, 4) is 0 Å². The summed E-state index contributed by atoms with van der Waals surface area (Å²) in [6.45, 7) is 9.67. The van der Waals surface area contributed by atoms with Gasteiger partial charge in [-0.3, -0.25) is 4.79 Å². The highest BCUT2D eigenvalue weighted by molar-refractivity contribution is 5.92. The molecule has 1 atom stereocenters. The lowest BCUT2D eigenvalue weighted by Gasteiger charge is -2.42. The van der Waals surface area contributed by atoms with E-state index in [9.17, 15) is 4.79 Å². The number of hydrogen-bond donors (Lipinski definition) is 0. The minimum atomic E-state index is 0.258. The summed E-state index contributed by atoms with van der Waals surface area (Å²) in [7, 11) is 0. The van der Waals surface area contributed by atoms with Crippen LogP contribution in [0.25, 0.3) is 0 Å². The molecule has 3 fully saturated rings. The maximum Gasteiger partial charge on any atom is 0.249 e. The first-order valence-corrected chi connectivity index (χ1v) is 9.76. The molecule has 0 N–H and O–H groups in total. The van der Waals surface area contributed by atoms with E-state index in [2.05, 4.69) is 9.80 Å². The van der Waals surface area contributed by atoms with E-state index in [-0.39, 0.29) is 5.91 Å². The highest BCUT2D eigenvalue weighted by Gasteiger charge is 2.43. The Morgan fingerprint density at radius 1 is 1.09 bits per heavy atom. The number of likely N-dealkylation sites (tertiary alicyclic amines) is 2. The zero-order valence-electron chi connectivity index (χ0n) is 15.1. The van der Waals surface area contributed by atoms with Crippen LogP contribution in [0.4, 0.5) is 0 Å². The number of amides is 1. The Labute approximate surface area is 142 Å². The van der Waals surface area contributed by atoms with Crippen LogP contribution in [-0.4, -0.2) is 48.4 Å². The molecule has 0 aromatic carbocycles. The first kappa shape index (κ1) is 17.0. The summed E-state index contributed by atoms with van der Waals surface area (Å²) < 4.78 is 0. The SMILES string of the molecule is CC=C(C)C(=O)N1CCC2(CCCN(CC3CCCCC3)C2)C1. The van der Waals surface area contributed by atoms with Crippen molar-refractivity contribution in [3.05, 3.63) is 11.6 Å². The van der Waals surface area contributed by atoms with E-state index in [0.29, 0.717) is 5.41 Å². The van der Waals surface area contributed by atoms with E-state index in [1.807, 2.05) is 19.9 Å². The molecule has 3 aliphatic rings. The van der Waals surface area contributed by atoms with Crippen LogP contribution in [0.1, 0.15) is 65.2 Å². The highest BCUT2D eigenvalue weighted by atomic mass is 16.2. The average Bonchev–Trinajstić information content (AvgIpc) is 2.97. The predicted molar refractivity (Wildman–Crippen MR) is 95.3 cm³/mol. The molecular weight excluding hydrogens is 284 g/mol. The van der Waals surface area contributed by atoms with Crippen molar-refractivity contribution in [1.29, 1.82) is 0 Å². The number of nitrogens with zero attached hydrogens (tertiary/aromatic N) is 2. The number of rotatable bonds is 3. The van der Waals surface area contributed by atoms with Crippen LogP contribution in [-0.2, 0) is 4.79 Å². The molecule has 3 rings (SSSR count). The third kappa shape index (κ3) is 3.99. The second kappa shape index (κ2) is 7.38. The molecule has 2 heterocycles. The molecule has 0 aromatic rings. The molecule has 0 aromatic heterocycles.